The van der Waals surface area contributed by atoms with Crippen molar-refractivity contribution in [1.29, 1.82) is 0 Å². The molecule has 0 bridgehead atoms. The maximum atomic E-state index is 12.9. The summed E-state index contributed by atoms with van der Waals surface area (Å²) in [6.45, 7) is 5.86. The lowest BCUT2D eigenvalue weighted by molar-refractivity contribution is -0.122. The van der Waals surface area contributed by atoms with Crippen LogP contribution in [0.5, 0.6) is 0 Å². The van der Waals surface area contributed by atoms with E-state index in [1.165, 1.54) is 17.1 Å². The van der Waals surface area contributed by atoms with E-state index in [1.807, 2.05) is 0 Å². The molecular formula is C19H19N5O5. The fourth-order valence-corrected chi connectivity index (χ4v) is 3.06. The molecule has 0 saturated heterocycles. The van der Waals surface area contributed by atoms with Gasteiger partial charge in [0.1, 0.15) is 13.1 Å². The monoisotopic (exact) mass is 397 g/mol. The number of nitrogens with zero attached hydrogens (tertiary/aromatic N) is 4. The van der Waals surface area contributed by atoms with Crippen molar-refractivity contribution in [2.75, 3.05) is 16.8 Å². The second-order valence-corrected chi connectivity index (χ2v) is 6.28. The minimum atomic E-state index is -0.927. The van der Waals surface area contributed by atoms with Gasteiger partial charge in [-0.05, 0) is 12.1 Å². The van der Waals surface area contributed by atoms with Gasteiger partial charge in [0.25, 0.3) is 0 Å². The van der Waals surface area contributed by atoms with Crippen LogP contribution >= 0.6 is 0 Å². The summed E-state index contributed by atoms with van der Waals surface area (Å²) in [4.78, 5) is 63.8. The highest BCUT2D eigenvalue weighted by molar-refractivity contribution is 6.09. The van der Waals surface area contributed by atoms with Crippen molar-refractivity contribution in [3.05, 3.63) is 81.0 Å². The summed E-state index contributed by atoms with van der Waals surface area (Å²) in [5, 5.41) is 2.66. The van der Waals surface area contributed by atoms with Gasteiger partial charge in [-0.2, -0.15) is 0 Å². The molecule has 29 heavy (non-hydrogen) atoms. The smallest absolute Gasteiger partial charge is 0.323 e. The number of fused-ring (bicyclic) bond motifs is 1. The van der Waals surface area contributed by atoms with Crippen molar-refractivity contribution in [1.82, 2.24) is 13.7 Å². The second kappa shape index (κ2) is 7.97. The number of para-hydroxylation sites is 2. The standard InChI is InChI=1S/C19H19N5O5/c1-3-9-21-17(27)22(10-4-2)19(29)24(18(21)28)12-16(26)23-11-15(25)20-13-7-5-6-8-14(13)23/h3-8H,1-2,9-12H2,(H,20,25). The van der Waals surface area contributed by atoms with E-state index in [0.717, 1.165) is 9.13 Å². The molecule has 3 rings (SSSR count). The van der Waals surface area contributed by atoms with Crippen molar-refractivity contribution in [2.45, 2.75) is 19.6 Å². The molecule has 1 aromatic carbocycles. The first-order valence-corrected chi connectivity index (χ1v) is 8.74. The van der Waals surface area contributed by atoms with Crippen LogP contribution in [0.25, 0.3) is 0 Å². The summed E-state index contributed by atoms with van der Waals surface area (Å²) < 4.78 is 2.29. The lowest BCUT2D eigenvalue weighted by Gasteiger charge is -2.29. The molecule has 10 heteroatoms. The molecule has 2 heterocycles. The Morgan fingerprint density at radius 2 is 1.48 bits per heavy atom. The minimum absolute atomic E-state index is 0.127. The van der Waals surface area contributed by atoms with Gasteiger partial charge in [0.2, 0.25) is 11.8 Å². The van der Waals surface area contributed by atoms with Crippen LogP contribution in [0.3, 0.4) is 0 Å². The van der Waals surface area contributed by atoms with E-state index in [9.17, 15) is 24.0 Å². The molecule has 0 spiro atoms. The number of hydrogen-bond donors (Lipinski definition) is 1. The number of anilines is 2. The van der Waals surface area contributed by atoms with E-state index >= 15 is 0 Å². The summed E-state index contributed by atoms with van der Waals surface area (Å²) in [7, 11) is 0. The Morgan fingerprint density at radius 3 is 2.07 bits per heavy atom. The third kappa shape index (κ3) is 3.59. The Hall–Kier alpha value is -3.95. The first-order valence-electron chi connectivity index (χ1n) is 8.74. The van der Waals surface area contributed by atoms with E-state index in [2.05, 4.69) is 18.5 Å². The predicted octanol–water partition coefficient (Wildman–Crippen LogP) is -0.471. The zero-order valence-electron chi connectivity index (χ0n) is 15.5. The molecule has 150 valence electrons. The fraction of sp³-hybridized carbons (Fsp3) is 0.211. The summed E-state index contributed by atoms with van der Waals surface area (Å²) in [6.07, 6.45) is 2.67. The highest BCUT2D eigenvalue weighted by Crippen LogP contribution is 2.28. The predicted molar refractivity (Wildman–Crippen MR) is 107 cm³/mol. The molecule has 0 radical (unpaired) electrons. The molecule has 1 aliphatic rings. The molecule has 1 aromatic heterocycles. The van der Waals surface area contributed by atoms with Crippen molar-refractivity contribution in [3.63, 3.8) is 0 Å². The van der Waals surface area contributed by atoms with Crippen molar-refractivity contribution < 1.29 is 9.59 Å². The molecular weight excluding hydrogens is 378 g/mol. The molecule has 1 N–H and O–H groups in total. The van der Waals surface area contributed by atoms with E-state index in [4.69, 9.17) is 0 Å². The molecule has 2 aromatic rings. The van der Waals surface area contributed by atoms with Crippen LogP contribution in [0.2, 0.25) is 0 Å². The first-order chi connectivity index (χ1) is 13.9. The van der Waals surface area contributed by atoms with E-state index in [0.29, 0.717) is 15.9 Å². The first kappa shape index (κ1) is 19.8. The lowest BCUT2D eigenvalue weighted by Crippen LogP contribution is -2.56. The highest BCUT2D eigenvalue weighted by Gasteiger charge is 2.28. The Kier molecular flexibility index (Phi) is 5.44. The van der Waals surface area contributed by atoms with Crippen LogP contribution in [0.1, 0.15) is 0 Å². The fourth-order valence-electron chi connectivity index (χ4n) is 3.06. The number of carbonyl (C=O) groups is 2. The van der Waals surface area contributed by atoms with Crippen molar-refractivity contribution >= 4 is 23.2 Å². The van der Waals surface area contributed by atoms with Gasteiger partial charge in [-0.3, -0.25) is 14.5 Å². The maximum Gasteiger partial charge on any atom is 0.337 e. The van der Waals surface area contributed by atoms with Crippen LogP contribution in [-0.2, 0) is 29.2 Å². The zero-order chi connectivity index (χ0) is 21.1. The topological polar surface area (TPSA) is 115 Å². The number of benzene rings is 1. The third-order valence-corrected chi connectivity index (χ3v) is 4.37. The molecule has 2 amide bonds. The summed E-state index contributed by atoms with van der Waals surface area (Å²) in [5.74, 6) is -1.04. The van der Waals surface area contributed by atoms with Crippen LogP contribution < -0.4 is 27.3 Å². The number of carbonyl (C=O) groups excluding carboxylic acids is 2. The van der Waals surface area contributed by atoms with Crippen molar-refractivity contribution in [3.8, 4) is 0 Å². The summed E-state index contributed by atoms with van der Waals surface area (Å²) >= 11 is 0. The lowest BCUT2D eigenvalue weighted by atomic mass is 10.2. The minimum Gasteiger partial charge on any atom is -0.323 e. The molecule has 0 atom stereocenters. The van der Waals surface area contributed by atoms with Gasteiger partial charge in [0, 0.05) is 0 Å². The van der Waals surface area contributed by atoms with Gasteiger partial charge in [-0.25, -0.2) is 28.1 Å². The van der Waals surface area contributed by atoms with Gasteiger partial charge in [-0.1, -0.05) is 24.3 Å². The van der Waals surface area contributed by atoms with Gasteiger partial charge >= 0.3 is 17.1 Å². The van der Waals surface area contributed by atoms with Crippen LogP contribution in [0.15, 0.2) is 64.0 Å². The van der Waals surface area contributed by atoms with Crippen LogP contribution in [-0.4, -0.2) is 32.1 Å². The van der Waals surface area contributed by atoms with Gasteiger partial charge in [0.15, 0.2) is 0 Å². The van der Waals surface area contributed by atoms with Gasteiger partial charge in [-0.15, -0.1) is 13.2 Å². The summed E-state index contributed by atoms with van der Waals surface area (Å²) in [5.41, 5.74) is -1.76. The molecule has 0 aliphatic carbocycles. The average molecular weight is 397 g/mol. The SMILES string of the molecule is C=CCn1c(=O)n(CC=C)c(=O)n(CC(=O)N2CC(=O)Nc3ccccc32)c1=O. The molecule has 0 fully saturated rings. The number of rotatable bonds is 6. The normalized spacial score (nSPS) is 12.8. The number of aromatic nitrogens is 3. The Bertz CT molecular complexity index is 1140. The summed E-state index contributed by atoms with van der Waals surface area (Å²) in [6, 6.07) is 6.69. The maximum absolute atomic E-state index is 12.9. The van der Waals surface area contributed by atoms with Crippen LogP contribution in [0.4, 0.5) is 11.4 Å². The molecule has 1 aliphatic heterocycles. The van der Waals surface area contributed by atoms with E-state index in [-0.39, 0.29) is 19.6 Å². The quantitative estimate of drug-likeness (QED) is 0.662. The largest absolute Gasteiger partial charge is 0.337 e. The van der Waals surface area contributed by atoms with Gasteiger partial charge in [0.05, 0.1) is 24.5 Å². The molecule has 10 nitrogen and oxygen atoms in total. The van der Waals surface area contributed by atoms with Crippen LogP contribution in [0, 0.1) is 0 Å². The third-order valence-electron chi connectivity index (χ3n) is 4.37. The van der Waals surface area contributed by atoms with E-state index in [1.54, 1.807) is 24.3 Å². The second-order valence-electron chi connectivity index (χ2n) is 6.28. The van der Waals surface area contributed by atoms with E-state index < -0.39 is 35.4 Å². The number of amides is 2. The Morgan fingerprint density at radius 1 is 0.931 bits per heavy atom. The number of nitrogens with one attached hydrogen (secondary N) is 1. The number of hydrogen-bond acceptors (Lipinski definition) is 5. The molecule has 0 saturated carbocycles. The molecule has 0 unspecified atom stereocenters. The Balaban J connectivity index is 2.08. The van der Waals surface area contributed by atoms with Crippen molar-refractivity contribution in [2.24, 2.45) is 0 Å². The Labute approximate surface area is 164 Å². The highest BCUT2D eigenvalue weighted by atomic mass is 16.2. The average Bonchev–Trinajstić information content (AvgIpc) is 2.71. The zero-order valence-corrected chi connectivity index (χ0v) is 15.5. The number of allylic oxidation sites excluding steroid dienone is 2. The van der Waals surface area contributed by atoms with Gasteiger partial charge < -0.3 is 5.32 Å².